The smallest absolute Gasteiger partial charge is 0.335 e. The van der Waals surface area contributed by atoms with Gasteiger partial charge in [-0.3, -0.25) is 9.20 Å². The van der Waals surface area contributed by atoms with Crippen molar-refractivity contribution in [3.63, 3.8) is 0 Å². The molecule has 1 aromatic carbocycles. The van der Waals surface area contributed by atoms with Crippen molar-refractivity contribution in [1.29, 1.82) is 0 Å². The normalized spacial score (nSPS) is 10.8. The Bertz CT molecular complexity index is 948. The minimum absolute atomic E-state index is 0.218. The number of amides is 1. The maximum Gasteiger partial charge on any atom is 0.335 e. The van der Waals surface area contributed by atoms with Gasteiger partial charge in [0.1, 0.15) is 11.3 Å². The molecule has 0 radical (unpaired) electrons. The largest absolute Gasteiger partial charge is 0.478 e. The van der Waals surface area contributed by atoms with Crippen molar-refractivity contribution in [3.05, 3.63) is 69.6 Å². The summed E-state index contributed by atoms with van der Waals surface area (Å²) < 4.78 is 2.63. The molecule has 2 heterocycles. The second kappa shape index (κ2) is 7.06. The summed E-state index contributed by atoms with van der Waals surface area (Å²) in [7, 11) is 0. The molecule has 6 nitrogen and oxygen atoms in total. The maximum absolute atomic E-state index is 12.7. The SMILES string of the molecule is CCc1nc2ccc(Br)cn2c1C(=O)NCc1ccc(C(=O)O)cc1. The number of imidazole rings is 1. The van der Waals surface area contributed by atoms with Gasteiger partial charge in [-0.15, -0.1) is 0 Å². The highest BCUT2D eigenvalue weighted by molar-refractivity contribution is 9.10. The van der Waals surface area contributed by atoms with Gasteiger partial charge in [-0.1, -0.05) is 19.1 Å². The molecule has 2 aromatic heterocycles. The molecule has 0 aliphatic rings. The maximum atomic E-state index is 12.7. The number of aryl methyl sites for hydroxylation is 1. The standard InChI is InChI=1S/C18H16BrN3O3/c1-2-14-16(22-10-13(19)7-8-15(22)21-14)17(23)20-9-11-3-5-12(6-4-11)18(24)25/h3-8,10H,2,9H2,1H3,(H,20,23)(H,24,25). The highest BCUT2D eigenvalue weighted by Crippen LogP contribution is 2.18. The minimum Gasteiger partial charge on any atom is -0.478 e. The molecule has 7 heteroatoms. The lowest BCUT2D eigenvalue weighted by molar-refractivity contribution is 0.0696. The van der Waals surface area contributed by atoms with Gasteiger partial charge in [-0.25, -0.2) is 9.78 Å². The monoisotopic (exact) mass is 401 g/mol. The van der Waals surface area contributed by atoms with E-state index in [0.717, 1.165) is 21.4 Å². The molecule has 3 aromatic rings. The molecule has 0 spiro atoms. The lowest BCUT2D eigenvalue weighted by atomic mass is 10.1. The number of halogens is 1. The summed E-state index contributed by atoms with van der Waals surface area (Å²) in [6.45, 7) is 2.27. The molecule has 128 valence electrons. The predicted molar refractivity (Wildman–Crippen MR) is 96.8 cm³/mol. The van der Waals surface area contributed by atoms with E-state index in [-0.39, 0.29) is 11.5 Å². The number of aromatic nitrogens is 2. The van der Waals surface area contributed by atoms with Crippen LogP contribution in [0.5, 0.6) is 0 Å². The number of hydrogen-bond donors (Lipinski definition) is 2. The van der Waals surface area contributed by atoms with Crippen LogP contribution in [0.4, 0.5) is 0 Å². The summed E-state index contributed by atoms with van der Waals surface area (Å²) in [6, 6.07) is 10.2. The number of aromatic carboxylic acids is 1. The molecule has 1 amide bonds. The van der Waals surface area contributed by atoms with Gasteiger partial charge in [0.25, 0.3) is 5.91 Å². The topological polar surface area (TPSA) is 83.7 Å². The Morgan fingerprint density at radius 2 is 1.92 bits per heavy atom. The summed E-state index contributed by atoms with van der Waals surface area (Å²) in [5, 5.41) is 11.8. The zero-order chi connectivity index (χ0) is 18.0. The lowest BCUT2D eigenvalue weighted by Gasteiger charge is -2.07. The first-order valence-electron chi connectivity index (χ1n) is 7.76. The fraction of sp³-hybridized carbons (Fsp3) is 0.167. The number of nitrogens with zero attached hydrogens (tertiary/aromatic N) is 2. The van der Waals surface area contributed by atoms with Crippen molar-refractivity contribution < 1.29 is 14.7 Å². The van der Waals surface area contributed by atoms with Crippen LogP contribution >= 0.6 is 15.9 Å². The van der Waals surface area contributed by atoms with Crippen LogP contribution < -0.4 is 5.32 Å². The van der Waals surface area contributed by atoms with Crippen molar-refractivity contribution in [2.75, 3.05) is 0 Å². The van der Waals surface area contributed by atoms with E-state index in [1.54, 1.807) is 16.5 Å². The number of carboxylic acid groups (broad SMARTS) is 1. The summed E-state index contributed by atoms with van der Waals surface area (Å²) in [6.07, 6.45) is 2.47. The number of fused-ring (bicyclic) bond motifs is 1. The first kappa shape index (κ1) is 17.2. The van der Waals surface area contributed by atoms with E-state index in [2.05, 4.69) is 26.2 Å². The number of benzene rings is 1. The Kier molecular flexibility index (Phi) is 4.85. The number of rotatable bonds is 5. The van der Waals surface area contributed by atoms with Gasteiger partial charge in [0.15, 0.2) is 0 Å². The second-order valence-electron chi connectivity index (χ2n) is 5.52. The van der Waals surface area contributed by atoms with Crippen molar-refractivity contribution in [2.45, 2.75) is 19.9 Å². The molecule has 3 rings (SSSR count). The van der Waals surface area contributed by atoms with Crippen LogP contribution in [0.25, 0.3) is 5.65 Å². The number of carbonyl (C=O) groups excluding carboxylic acids is 1. The summed E-state index contributed by atoms with van der Waals surface area (Å²) in [5.41, 5.74) is 3.01. The third-order valence-corrected chi connectivity index (χ3v) is 4.33. The van der Waals surface area contributed by atoms with E-state index < -0.39 is 5.97 Å². The molecule has 0 atom stereocenters. The fourth-order valence-electron chi connectivity index (χ4n) is 2.59. The number of nitrogens with one attached hydrogen (secondary N) is 1. The number of carbonyl (C=O) groups is 2. The van der Waals surface area contributed by atoms with Gasteiger partial charge in [-0.05, 0) is 52.2 Å². The van der Waals surface area contributed by atoms with Crippen molar-refractivity contribution in [2.24, 2.45) is 0 Å². The third-order valence-electron chi connectivity index (χ3n) is 3.86. The first-order valence-corrected chi connectivity index (χ1v) is 8.55. The van der Waals surface area contributed by atoms with Crippen LogP contribution in [0, 0.1) is 0 Å². The van der Waals surface area contributed by atoms with Crippen LogP contribution in [0.3, 0.4) is 0 Å². The predicted octanol–water partition coefficient (Wildman–Crippen LogP) is 3.29. The molecule has 0 unspecified atom stereocenters. The van der Waals surface area contributed by atoms with Gasteiger partial charge in [0, 0.05) is 17.2 Å². The second-order valence-corrected chi connectivity index (χ2v) is 6.44. The van der Waals surface area contributed by atoms with E-state index in [0.29, 0.717) is 18.7 Å². The highest BCUT2D eigenvalue weighted by atomic mass is 79.9. The third kappa shape index (κ3) is 3.56. The molecule has 0 aliphatic heterocycles. The van der Waals surface area contributed by atoms with Gasteiger partial charge < -0.3 is 10.4 Å². The van der Waals surface area contributed by atoms with Gasteiger partial charge >= 0.3 is 5.97 Å². The molecule has 0 saturated carbocycles. The van der Waals surface area contributed by atoms with Crippen molar-refractivity contribution in [3.8, 4) is 0 Å². The van der Waals surface area contributed by atoms with Gasteiger partial charge in [0.05, 0.1) is 11.3 Å². The molecule has 0 fully saturated rings. The molecule has 2 N–H and O–H groups in total. The number of pyridine rings is 1. The lowest BCUT2D eigenvalue weighted by Crippen LogP contribution is -2.25. The van der Waals surface area contributed by atoms with Crippen LogP contribution in [0.2, 0.25) is 0 Å². The average molecular weight is 402 g/mol. The fourth-order valence-corrected chi connectivity index (χ4v) is 2.92. The number of carboxylic acids is 1. The molecule has 0 saturated heterocycles. The zero-order valence-electron chi connectivity index (χ0n) is 13.5. The Labute approximate surface area is 152 Å². The van der Waals surface area contributed by atoms with Crippen LogP contribution in [-0.4, -0.2) is 26.4 Å². The molecule has 25 heavy (non-hydrogen) atoms. The molecule has 0 aliphatic carbocycles. The van der Waals surface area contributed by atoms with E-state index in [4.69, 9.17) is 5.11 Å². The first-order chi connectivity index (χ1) is 12.0. The van der Waals surface area contributed by atoms with Crippen molar-refractivity contribution >= 4 is 33.5 Å². The average Bonchev–Trinajstić information content (AvgIpc) is 2.97. The number of hydrogen-bond acceptors (Lipinski definition) is 3. The van der Waals surface area contributed by atoms with E-state index in [1.165, 1.54) is 12.1 Å². The van der Waals surface area contributed by atoms with Crippen molar-refractivity contribution in [1.82, 2.24) is 14.7 Å². The van der Waals surface area contributed by atoms with E-state index >= 15 is 0 Å². The summed E-state index contributed by atoms with van der Waals surface area (Å²) >= 11 is 3.41. The Morgan fingerprint density at radius 3 is 2.56 bits per heavy atom. The molecule has 0 bridgehead atoms. The van der Waals surface area contributed by atoms with Crippen LogP contribution in [-0.2, 0) is 13.0 Å². The highest BCUT2D eigenvalue weighted by Gasteiger charge is 2.18. The Hall–Kier alpha value is -2.67. The van der Waals surface area contributed by atoms with Gasteiger partial charge in [-0.2, -0.15) is 0 Å². The van der Waals surface area contributed by atoms with Gasteiger partial charge in [0.2, 0.25) is 0 Å². The zero-order valence-corrected chi connectivity index (χ0v) is 15.1. The van der Waals surface area contributed by atoms with Crippen LogP contribution in [0.15, 0.2) is 47.1 Å². The molecular formula is C18H16BrN3O3. The minimum atomic E-state index is -0.973. The molecular weight excluding hydrogens is 386 g/mol. The Balaban J connectivity index is 1.82. The summed E-state index contributed by atoms with van der Waals surface area (Å²) in [4.78, 5) is 28.0. The Morgan fingerprint density at radius 1 is 1.20 bits per heavy atom. The van der Waals surface area contributed by atoms with E-state index in [9.17, 15) is 9.59 Å². The quantitative estimate of drug-likeness (QED) is 0.686. The van der Waals surface area contributed by atoms with E-state index in [1.807, 2.05) is 25.3 Å². The van der Waals surface area contributed by atoms with Crippen LogP contribution in [0.1, 0.15) is 39.0 Å². The summed E-state index contributed by atoms with van der Waals surface area (Å²) in [5.74, 6) is -1.19.